The van der Waals surface area contributed by atoms with E-state index >= 15 is 0 Å². The normalized spacial score (nSPS) is 20.1. The fraction of sp³-hybridized carbons (Fsp3) is 0.632. The number of rotatable bonds is 12. The number of imide groups is 2. The minimum Gasteiger partial charge on any atom is -0.330 e. The highest BCUT2D eigenvalue weighted by molar-refractivity contribution is 7.87. The molecule has 11 nitrogen and oxygen atoms in total. The maximum atomic E-state index is 11.8. The number of unbranched alkanes of at least 4 members (excludes halogenated alkanes) is 3. The Hall–Kier alpha value is -2.60. The molecule has 4 amide bonds. The van der Waals surface area contributed by atoms with Crippen LogP contribution in [0, 0.1) is 0 Å². The maximum Gasteiger partial charge on any atom is 0.333 e. The Morgan fingerprint density at radius 2 is 1.71 bits per heavy atom. The molecule has 1 N–H and O–H groups in total. The lowest BCUT2D eigenvalue weighted by Gasteiger charge is -2.25. The predicted octanol–water partition coefficient (Wildman–Crippen LogP) is 0.894. The fourth-order valence-electron chi connectivity index (χ4n) is 3.57. The van der Waals surface area contributed by atoms with Gasteiger partial charge in [0.15, 0.2) is 5.25 Å². The van der Waals surface area contributed by atoms with E-state index in [9.17, 15) is 32.4 Å². The van der Waals surface area contributed by atoms with Crippen molar-refractivity contribution in [1.82, 2.24) is 9.96 Å². The molecule has 12 heteroatoms. The van der Waals surface area contributed by atoms with Gasteiger partial charge in [-0.15, -0.1) is 5.06 Å². The summed E-state index contributed by atoms with van der Waals surface area (Å²) in [4.78, 5) is 65.0. The van der Waals surface area contributed by atoms with E-state index in [4.69, 9.17) is 4.55 Å². The van der Waals surface area contributed by atoms with Crippen LogP contribution in [0.1, 0.15) is 64.7 Å². The van der Waals surface area contributed by atoms with Gasteiger partial charge in [0.1, 0.15) is 0 Å². The highest BCUT2D eigenvalue weighted by Crippen LogP contribution is 2.21. The molecule has 0 aliphatic carbocycles. The van der Waals surface area contributed by atoms with Gasteiger partial charge in [-0.3, -0.25) is 28.6 Å². The number of hydroxylamine groups is 2. The second-order valence-corrected chi connectivity index (χ2v) is 9.07. The van der Waals surface area contributed by atoms with Crippen LogP contribution < -0.4 is 0 Å². The second kappa shape index (κ2) is 10.6. The summed E-state index contributed by atoms with van der Waals surface area (Å²) in [5.74, 6) is -3.76. The largest absolute Gasteiger partial charge is 0.333 e. The van der Waals surface area contributed by atoms with Crippen molar-refractivity contribution < 1.29 is 41.8 Å². The molecule has 0 aromatic rings. The summed E-state index contributed by atoms with van der Waals surface area (Å²) >= 11 is 0. The first-order chi connectivity index (χ1) is 14.6. The van der Waals surface area contributed by atoms with Gasteiger partial charge in [-0.05, 0) is 19.3 Å². The van der Waals surface area contributed by atoms with Crippen molar-refractivity contribution in [2.24, 2.45) is 0 Å². The van der Waals surface area contributed by atoms with Crippen LogP contribution in [0.2, 0.25) is 0 Å². The third-order valence-electron chi connectivity index (χ3n) is 5.11. The highest BCUT2D eigenvalue weighted by atomic mass is 32.2. The van der Waals surface area contributed by atoms with Gasteiger partial charge < -0.3 is 4.84 Å². The first kappa shape index (κ1) is 24.7. The molecular formula is C19H26N2O9S. The van der Waals surface area contributed by atoms with Gasteiger partial charge in [0, 0.05) is 24.6 Å². The predicted molar refractivity (Wildman–Crippen MR) is 105 cm³/mol. The van der Waals surface area contributed by atoms with E-state index in [1.807, 2.05) is 6.92 Å². The van der Waals surface area contributed by atoms with Crippen molar-refractivity contribution in [1.29, 1.82) is 0 Å². The third-order valence-corrected chi connectivity index (χ3v) is 6.20. The standard InChI is InChI=1S/C19H26N2O9S/c1-2-7-13(20-15(22)10-11-16(20)23)8-5-3-4-6-9-18(25)30-21-17(24)12-14(19(21)26)31(27,28)29/h10-11,13-14H,2-9,12H2,1H3,(H,27,28,29). The monoisotopic (exact) mass is 458 g/mol. The van der Waals surface area contributed by atoms with Gasteiger partial charge >= 0.3 is 5.97 Å². The van der Waals surface area contributed by atoms with Crippen molar-refractivity contribution >= 4 is 39.7 Å². The van der Waals surface area contributed by atoms with Crippen LogP contribution in [0.25, 0.3) is 0 Å². The molecule has 2 atom stereocenters. The van der Waals surface area contributed by atoms with Gasteiger partial charge in [0.05, 0.1) is 6.42 Å². The van der Waals surface area contributed by atoms with Gasteiger partial charge in [-0.2, -0.15) is 8.42 Å². The summed E-state index contributed by atoms with van der Waals surface area (Å²) in [5.41, 5.74) is 0. The number of amides is 4. The Balaban J connectivity index is 1.69. The molecule has 31 heavy (non-hydrogen) atoms. The molecule has 2 aliphatic rings. The Labute approximate surface area is 180 Å². The lowest BCUT2D eigenvalue weighted by Crippen LogP contribution is -2.40. The number of carbonyl (C=O) groups is 5. The van der Waals surface area contributed by atoms with Crippen LogP contribution in [-0.4, -0.2) is 63.8 Å². The van der Waals surface area contributed by atoms with E-state index in [1.54, 1.807) is 0 Å². The summed E-state index contributed by atoms with van der Waals surface area (Å²) in [5, 5.41) is -1.86. The molecule has 172 valence electrons. The first-order valence-electron chi connectivity index (χ1n) is 10.1. The van der Waals surface area contributed by atoms with E-state index in [2.05, 4.69) is 4.84 Å². The maximum absolute atomic E-state index is 11.8. The number of hydrogen-bond acceptors (Lipinski definition) is 8. The summed E-state index contributed by atoms with van der Waals surface area (Å²) in [6.45, 7) is 1.98. The lowest BCUT2D eigenvalue weighted by atomic mass is 10.0. The summed E-state index contributed by atoms with van der Waals surface area (Å²) < 4.78 is 31.1. The minimum atomic E-state index is -4.76. The van der Waals surface area contributed by atoms with Gasteiger partial charge in [-0.1, -0.05) is 32.6 Å². The van der Waals surface area contributed by atoms with E-state index in [0.717, 1.165) is 19.3 Å². The van der Waals surface area contributed by atoms with Gasteiger partial charge in [-0.25, -0.2) is 4.79 Å². The Kier molecular flexibility index (Phi) is 8.45. The number of nitrogens with zero attached hydrogens (tertiary/aromatic N) is 2. The van der Waals surface area contributed by atoms with E-state index in [1.165, 1.54) is 17.1 Å². The number of hydrogen-bond donors (Lipinski definition) is 1. The van der Waals surface area contributed by atoms with Crippen molar-refractivity contribution in [2.75, 3.05) is 0 Å². The molecule has 1 fully saturated rings. The topological polar surface area (TPSA) is 155 Å². The molecule has 0 radical (unpaired) electrons. The van der Waals surface area contributed by atoms with Crippen molar-refractivity contribution in [2.45, 2.75) is 76.0 Å². The first-order valence-corrected chi connectivity index (χ1v) is 11.7. The molecular weight excluding hydrogens is 432 g/mol. The van der Waals surface area contributed by atoms with Crippen LogP contribution in [0.5, 0.6) is 0 Å². The zero-order valence-electron chi connectivity index (χ0n) is 17.2. The molecule has 2 unspecified atom stereocenters. The molecule has 0 aromatic heterocycles. The zero-order chi connectivity index (χ0) is 23.2. The summed E-state index contributed by atoms with van der Waals surface area (Å²) in [6.07, 6.45) is 6.43. The van der Waals surface area contributed by atoms with Crippen LogP contribution >= 0.6 is 0 Å². The van der Waals surface area contributed by atoms with Gasteiger partial charge in [0.2, 0.25) is 0 Å². The molecule has 0 spiro atoms. The van der Waals surface area contributed by atoms with Crippen LogP contribution in [0.4, 0.5) is 0 Å². The van der Waals surface area contributed by atoms with Gasteiger partial charge in [0.25, 0.3) is 33.7 Å². The molecule has 2 heterocycles. The molecule has 2 aliphatic heterocycles. The van der Waals surface area contributed by atoms with E-state index in [0.29, 0.717) is 25.7 Å². The average Bonchev–Trinajstić information content (AvgIpc) is 3.16. The van der Waals surface area contributed by atoms with Crippen LogP contribution in [0.3, 0.4) is 0 Å². The number of carbonyl (C=O) groups excluding carboxylic acids is 5. The van der Waals surface area contributed by atoms with Crippen LogP contribution in [0.15, 0.2) is 12.2 Å². The second-order valence-electron chi connectivity index (χ2n) is 7.47. The minimum absolute atomic E-state index is 0.0843. The highest BCUT2D eigenvalue weighted by Gasteiger charge is 2.48. The van der Waals surface area contributed by atoms with Crippen molar-refractivity contribution in [3.05, 3.63) is 12.2 Å². The Morgan fingerprint density at radius 3 is 2.26 bits per heavy atom. The Bertz CT molecular complexity index is 863. The SMILES string of the molecule is CCCC(CCCCCCC(=O)ON1C(=O)CC(S(=O)(=O)O)C1=O)N1C(=O)C=CC1=O. The van der Waals surface area contributed by atoms with E-state index in [-0.39, 0.29) is 29.3 Å². The zero-order valence-corrected chi connectivity index (χ0v) is 18.0. The molecule has 0 bridgehead atoms. The average molecular weight is 458 g/mol. The Morgan fingerprint density at radius 1 is 1.10 bits per heavy atom. The third kappa shape index (κ3) is 6.44. The summed E-state index contributed by atoms with van der Waals surface area (Å²) in [6, 6.07) is -0.159. The van der Waals surface area contributed by atoms with Crippen LogP contribution in [-0.2, 0) is 38.9 Å². The lowest BCUT2D eigenvalue weighted by molar-refractivity contribution is -0.197. The molecule has 2 rings (SSSR count). The van der Waals surface area contributed by atoms with Crippen molar-refractivity contribution in [3.8, 4) is 0 Å². The summed E-state index contributed by atoms with van der Waals surface area (Å²) in [7, 11) is -4.76. The van der Waals surface area contributed by atoms with E-state index < -0.39 is 39.6 Å². The molecule has 0 saturated carbocycles. The van der Waals surface area contributed by atoms with Crippen molar-refractivity contribution in [3.63, 3.8) is 0 Å². The molecule has 0 aromatic carbocycles. The fourth-order valence-corrected chi connectivity index (χ4v) is 4.27. The quantitative estimate of drug-likeness (QED) is 0.255. The smallest absolute Gasteiger partial charge is 0.330 e. The molecule has 1 saturated heterocycles.